The molecule has 3 aromatic rings. The van der Waals surface area contributed by atoms with E-state index >= 15 is 0 Å². The van der Waals surface area contributed by atoms with Crippen molar-refractivity contribution in [1.82, 2.24) is 4.98 Å². The molecule has 0 aliphatic rings. The Morgan fingerprint density at radius 3 is 2.52 bits per heavy atom. The SMILES string of the molecule is CCOc1ccc(Nc2nc(O)c(N=Nc3ccc(C(=O)[O-])cc3)s2)cc1. The Bertz CT molecular complexity index is 952. The monoisotopic (exact) mass is 383 g/mol. The van der Waals surface area contributed by atoms with Crippen molar-refractivity contribution in [3.05, 3.63) is 54.1 Å². The highest BCUT2D eigenvalue weighted by atomic mass is 32.1. The van der Waals surface area contributed by atoms with E-state index in [-0.39, 0.29) is 16.4 Å². The van der Waals surface area contributed by atoms with Crippen LogP contribution in [0.1, 0.15) is 17.3 Å². The third-order valence-electron chi connectivity index (χ3n) is 3.37. The summed E-state index contributed by atoms with van der Waals surface area (Å²) in [6.45, 7) is 2.51. The lowest BCUT2D eigenvalue weighted by molar-refractivity contribution is -0.255. The number of nitrogens with zero attached hydrogens (tertiary/aromatic N) is 3. The molecule has 1 aromatic heterocycles. The molecule has 0 amide bonds. The van der Waals surface area contributed by atoms with Crippen LogP contribution in [0.5, 0.6) is 11.6 Å². The van der Waals surface area contributed by atoms with Gasteiger partial charge in [-0.05, 0) is 48.9 Å². The van der Waals surface area contributed by atoms with Crippen molar-refractivity contribution in [2.24, 2.45) is 10.2 Å². The van der Waals surface area contributed by atoms with Crippen molar-refractivity contribution < 1.29 is 19.7 Å². The first-order valence-electron chi connectivity index (χ1n) is 7.98. The minimum Gasteiger partial charge on any atom is -0.545 e. The van der Waals surface area contributed by atoms with E-state index in [1.54, 1.807) is 0 Å². The molecular formula is C18H15N4O4S-. The van der Waals surface area contributed by atoms with Crippen molar-refractivity contribution in [3.8, 4) is 11.6 Å². The molecule has 9 heteroatoms. The molecule has 0 atom stereocenters. The number of carbonyl (C=O) groups is 1. The fraction of sp³-hybridized carbons (Fsp3) is 0.111. The lowest BCUT2D eigenvalue weighted by Crippen LogP contribution is -2.21. The largest absolute Gasteiger partial charge is 0.545 e. The zero-order chi connectivity index (χ0) is 19.2. The minimum atomic E-state index is -1.26. The smallest absolute Gasteiger partial charge is 0.252 e. The average molecular weight is 383 g/mol. The van der Waals surface area contributed by atoms with Crippen molar-refractivity contribution in [2.45, 2.75) is 6.92 Å². The Labute approximate surface area is 158 Å². The molecule has 0 saturated heterocycles. The molecule has 27 heavy (non-hydrogen) atoms. The first-order valence-corrected chi connectivity index (χ1v) is 8.79. The number of anilines is 2. The van der Waals surface area contributed by atoms with E-state index < -0.39 is 5.97 Å². The molecular weight excluding hydrogens is 368 g/mol. The molecule has 0 spiro atoms. The molecule has 8 nitrogen and oxygen atoms in total. The average Bonchev–Trinajstić information content (AvgIpc) is 3.01. The molecule has 0 fully saturated rings. The highest BCUT2D eigenvalue weighted by Crippen LogP contribution is 2.38. The summed E-state index contributed by atoms with van der Waals surface area (Å²) in [6, 6.07) is 13.1. The number of aromatic carboxylic acids is 1. The van der Waals surface area contributed by atoms with E-state index in [0.717, 1.165) is 22.8 Å². The number of carbonyl (C=O) groups excluding carboxylic acids is 1. The lowest BCUT2D eigenvalue weighted by Gasteiger charge is -2.05. The first-order chi connectivity index (χ1) is 13.0. The summed E-state index contributed by atoms with van der Waals surface area (Å²) in [5.74, 6) is -0.739. The molecule has 1 heterocycles. The predicted octanol–water partition coefficient (Wildman–Crippen LogP) is 3.77. The fourth-order valence-electron chi connectivity index (χ4n) is 2.11. The molecule has 2 aromatic carbocycles. The van der Waals surface area contributed by atoms with E-state index in [1.807, 2.05) is 31.2 Å². The number of thiazole rings is 1. The summed E-state index contributed by atoms with van der Waals surface area (Å²) < 4.78 is 5.38. The second kappa shape index (κ2) is 8.28. The number of hydrogen-bond donors (Lipinski definition) is 2. The van der Waals surface area contributed by atoms with E-state index in [0.29, 0.717) is 17.4 Å². The molecule has 0 bridgehead atoms. The summed E-state index contributed by atoms with van der Waals surface area (Å²) in [5, 5.41) is 32.3. The maximum atomic E-state index is 10.7. The van der Waals surface area contributed by atoms with E-state index in [2.05, 4.69) is 20.5 Å². The van der Waals surface area contributed by atoms with Gasteiger partial charge in [0.05, 0.1) is 18.3 Å². The van der Waals surface area contributed by atoms with Gasteiger partial charge in [0.25, 0.3) is 5.88 Å². The van der Waals surface area contributed by atoms with E-state index in [1.165, 1.54) is 24.3 Å². The van der Waals surface area contributed by atoms with Crippen LogP contribution in [0.15, 0.2) is 58.8 Å². The summed E-state index contributed by atoms with van der Waals surface area (Å²) in [7, 11) is 0. The van der Waals surface area contributed by atoms with Gasteiger partial charge in [0.15, 0.2) is 5.13 Å². The number of nitrogens with one attached hydrogen (secondary N) is 1. The Balaban J connectivity index is 1.69. The Hall–Kier alpha value is -3.46. The van der Waals surface area contributed by atoms with Gasteiger partial charge in [-0.15, -0.1) is 10.2 Å². The fourth-order valence-corrected chi connectivity index (χ4v) is 2.82. The van der Waals surface area contributed by atoms with Crippen molar-refractivity contribution in [1.29, 1.82) is 0 Å². The highest BCUT2D eigenvalue weighted by Gasteiger charge is 2.10. The van der Waals surface area contributed by atoms with Gasteiger partial charge in [0.2, 0.25) is 5.00 Å². The van der Waals surface area contributed by atoms with Crippen LogP contribution in [0.25, 0.3) is 0 Å². The van der Waals surface area contributed by atoms with Crippen molar-refractivity contribution in [3.63, 3.8) is 0 Å². The molecule has 0 saturated carbocycles. The summed E-state index contributed by atoms with van der Waals surface area (Å²) in [6.07, 6.45) is 0. The zero-order valence-electron chi connectivity index (χ0n) is 14.2. The van der Waals surface area contributed by atoms with Gasteiger partial charge < -0.3 is 25.1 Å². The van der Waals surface area contributed by atoms with Gasteiger partial charge in [0.1, 0.15) is 5.75 Å². The number of rotatable bonds is 7. The number of aromatic hydroxyl groups is 1. The minimum absolute atomic E-state index is 0.0522. The molecule has 0 aliphatic carbocycles. The topological polar surface area (TPSA) is 119 Å². The van der Waals surface area contributed by atoms with Gasteiger partial charge >= 0.3 is 0 Å². The maximum absolute atomic E-state index is 10.7. The standard InChI is InChI=1S/C18H16N4O4S/c1-2-26-14-9-7-12(8-10-14)19-18-20-15(23)16(27-18)22-21-13-5-3-11(4-6-13)17(24)25/h3-10,23H,2H2,1H3,(H,19,20)(H,24,25)/p-1. The second-order valence-corrected chi connectivity index (χ2v) is 6.24. The zero-order valence-corrected chi connectivity index (χ0v) is 15.1. The van der Waals surface area contributed by atoms with Crippen LogP contribution in [0.2, 0.25) is 0 Å². The van der Waals surface area contributed by atoms with Crippen LogP contribution in [-0.4, -0.2) is 22.7 Å². The predicted molar refractivity (Wildman–Crippen MR) is 99.6 cm³/mol. The number of ether oxygens (including phenoxy) is 1. The molecule has 0 aliphatic heterocycles. The van der Waals surface area contributed by atoms with Gasteiger partial charge in [-0.3, -0.25) is 0 Å². The second-order valence-electron chi connectivity index (χ2n) is 5.26. The molecule has 138 valence electrons. The maximum Gasteiger partial charge on any atom is 0.252 e. The molecule has 0 unspecified atom stereocenters. The summed E-state index contributed by atoms with van der Waals surface area (Å²) in [4.78, 5) is 14.7. The Kier molecular flexibility index (Phi) is 5.62. The van der Waals surface area contributed by atoms with Gasteiger partial charge in [-0.2, -0.15) is 4.98 Å². The van der Waals surface area contributed by atoms with Crippen LogP contribution < -0.4 is 15.2 Å². The number of azo groups is 1. The Morgan fingerprint density at radius 2 is 1.89 bits per heavy atom. The van der Waals surface area contributed by atoms with Crippen LogP contribution in [0.4, 0.5) is 21.5 Å². The lowest BCUT2D eigenvalue weighted by atomic mass is 10.2. The third-order valence-corrected chi connectivity index (χ3v) is 4.21. The normalized spacial score (nSPS) is 10.9. The quantitative estimate of drug-likeness (QED) is 0.599. The summed E-state index contributed by atoms with van der Waals surface area (Å²) >= 11 is 1.13. The molecule has 3 rings (SSSR count). The van der Waals surface area contributed by atoms with Gasteiger partial charge in [-0.1, -0.05) is 23.5 Å². The summed E-state index contributed by atoms with van der Waals surface area (Å²) in [5.41, 5.74) is 1.28. The van der Waals surface area contributed by atoms with Crippen LogP contribution >= 0.6 is 11.3 Å². The van der Waals surface area contributed by atoms with Crippen LogP contribution in [-0.2, 0) is 0 Å². The van der Waals surface area contributed by atoms with Gasteiger partial charge in [0, 0.05) is 5.69 Å². The molecule has 0 radical (unpaired) electrons. The van der Waals surface area contributed by atoms with E-state index in [4.69, 9.17) is 4.74 Å². The Morgan fingerprint density at radius 1 is 1.19 bits per heavy atom. The number of carboxylic acids is 1. The number of aromatic nitrogens is 1. The number of hydrogen-bond acceptors (Lipinski definition) is 9. The highest BCUT2D eigenvalue weighted by molar-refractivity contribution is 7.19. The van der Waals surface area contributed by atoms with Gasteiger partial charge in [-0.25, -0.2) is 0 Å². The number of carboxylic acid groups (broad SMARTS) is 1. The third kappa shape index (κ3) is 4.79. The van der Waals surface area contributed by atoms with Crippen LogP contribution in [0.3, 0.4) is 0 Å². The van der Waals surface area contributed by atoms with Crippen molar-refractivity contribution >= 4 is 38.8 Å². The molecule has 2 N–H and O–H groups in total. The first kappa shape index (κ1) is 18.3. The van der Waals surface area contributed by atoms with E-state index in [9.17, 15) is 15.0 Å². The van der Waals surface area contributed by atoms with Crippen molar-refractivity contribution in [2.75, 3.05) is 11.9 Å². The number of benzene rings is 2. The van der Waals surface area contributed by atoms with Crippen LogP contribution in [0, 0.1) is 0 Å².